The minimum atomic E-state index is 0. The molecule has 1 radical (unpaired) electrons. The molecule has 0 atom stereocenters. The van der Waals surface area contributed by atoms with Crippen LogP contribution in [0.3, 0.4) is 0 Å². The molecule has 0 unspecified atom stereocenters. The zero-order chi connectivity index (χ0) is 32.3. The smallest absolute Gasteiger partial charge is 0.0192 e. The summed E-state index contributed by atoms with van der Waals surface area (Å²) in [4.78, 5) is 9.06. The van der Waals surface area contributed by atoms with Crippen molar-refractivity contribution < 1.29 is 20.1 Å². The Morgan fingerprint density at radius 2 is 1.36 bits per heavy atom. The van der Waals surface area contributed by atoms with E-state index in [1.54, 1.807) is 0 Å². The maximum atomic E-state index is 4.66. The number of aromatic nitrogens is 2. The molecule has 0 aliphatic carbocycles. The van der Waals surface area contributed by atoms with E-state index < -0.39 is 0 Å². The van der Waals surface area contributed by atoms with Crippen LogP contribution in [0.25, 0.3) is 55.2 Å². The summed E-state index contributed by atoms with van der Waals surface area (Å²) in [7, 11) is 0. The van der Waals surface area contributed by atoms with Crippen LogP contribution in [0.1, 0.15) is 43.0 Å². The standard InChI is InChI=1S/C30H26N.C14H14N.Ir/c1-30(2,3)20-21-15-16-31-29(17-21)24-11-8-10-22(18-24)28-19-23-9-4-5-12-25(23)26-13-6-7-14-27(26)28;1-10-4-6-13(7-5-10)14-8-11(2)12(3)9-15-14;/h4-10,12-19H,20H2,1-3H3;4-6,8-9H,1-3H3;/q2*-1;. The second-order valence-electron chi connectivity index (χ2n) is 13.4. The van der Waals surface area contributed by atoms with Crippen LogP contribution < -0.4 is 0 Å². The number of rotatable bonds is 4. The van der Waals surface area contributed by atoms with Crippen LogP contribution in [0.2, 0.25) is 0 Å². The Balaban J connectivity index is 0.000000228. The van der Waals surface area contributed by atoms with Gasteiger partial charge in [0.05, 0.1) is 0 Å². The molecule has 0 aliphatic rings. The minimum absolute atomic E-state index is 0. The van der Waals surface area contributed by atoms with Gasteiger partial charge >= 0.3 is 0 Å². The van der Waals surface area contributed by atoms with E-state index in [0.29, 0.717) is 0 Å². The van der Waals surface area contributed by atoms with Crippen LogP contribution in [-0.2, 0) is 26.5 Å². The number of nitrogens with zero attached hydrogens (tertiary/aromatic N) is 2. The van der Waals surface area contributed by atoms with Crippen LogP contribution in [0.5, 0.6) is 0 Å². The van der Waals surface area contributed by atoms with Gasteiger partial charge in [-0.1, -0.05) is 99.5 Å². The predicted octanol–water partition coefficient (Wildman–Crippen LogP) is 11.6. The van der Waals surface area contributed by atoms with E-state index in [-0.39, 0.29) is 25.5 Å². The van der Waals surface area contributed by atoms with E-state index in [1.807, 2.05) is 24.5 Å². The monoisotopic (exact) mass is 789 g/mol. The molecule has 0 spiro atoms. The minimum Gasteiger partial charge on any atom is -0.305 e. The van der Waals surface area contributed by atoms with Gasteiger partial charge in [-0.2, -0.15) is 0 Å². The average Bonchev–Trinajstić information content (AvgIpc) is 3.06. The molecule has 0 aliphatic heterocycles. The second-order valence-corrected chi connectivity index (χ2v) is 13.4. The van der Waals surface area contributed by atoms with Crippen molar-refractivity contribution in [1.29, 1.82) is 0 Å². The van der Waals surface area contributed by atoms with E-state index in [2.05, 4.69) is 161 Å². The second kappa shape index (κ2) is 14.6. The fraction of sp³-hybridized carbons (Fsp3) is 0.182. The Bertz CT molecular complexity index is 2140. The van der Waals surface area contributed by atoms with Gasteiger partial charge in [-0.05, 0) is 81.9 Å². The first-order valence-electron chi connectivity index (χ1n) is 15.9. The van der Waals surface area contributed by atoms with Crippen molar-refractivity contribution in [2.45, 2.75) is 48.0 Å². The first-order valence-corrected chi connectivity index (χ1v) is 15.9. The zero-order valence-corrected chi connectivity index (χ0v) is 30.4. The van der Waals surface area contributed by atoms with Gasteiger partial charge in [0.1, 0.15) is 0 Å². The van der Waals surface area contributed by atoms with Crippen LogP contribution in [0, 0.1) is 38.3 Å². The third-order valence-electron chi connectivity index (χ3n) is 8.33. The van der Waals surface area contributed by atoms with Crippen molar-refractivity contribution in [3.63, 3.8) is 0 Å². The molecule has 0 N–H and O–H groups in total. The molecule has 0 saturated carbocycles. The molecule has 0 fully saturated rings. The molecule has 2 heterocycles. The summed E-state index contributed by atoms with van der Waals surface area (Å²) in [5, 5.41) is 5.11. The zero-order valence-electron chi connectivity index (χ0n) is 28.0. The van der Waals surface area contributed by atoms with Gasteiger partial charge in [-0.15, -0.1) is 70.8 Å². The normalized spacial score (nSPS) is 11.1. The quantitative estimate of drug-likeness (QED) is 0.131. The van der Waals surface area contributed by atoms with Gasteiger partial charge in [0.15, 0.2) is 0 Å². The molecule has 3 heteroatoms. The van der Waals surface area contributed by atoms with Crippen LogP contribution in [0.15, 0.2) is 122 Å². The molecule has 2 nitrogen and oxygen atoms in total. The Hall–Kier alpha value is -4.43. The third kappa shape index (κ3) is 8.11. The number of hydrogen-bond acceptors (Lipinski definition) is 2. The number of aryl methyl sites for hydroxylation is 3. The summed E-state index contributed by atoms with van der Waals surface area (Å²) >= 11 is 0. The number of benzene rings is 5. The summed E-state index contributed by atoms with van der Waals surface area (Å²) in [5.41, 5.74) is 11.8. The summed E-state index contributed by atoms with van der Waals surface area (Å²) in [6.07, 6.45) is 4.86. The van der Waals surface area contributed by atoms with E-state index in [1.165, 1.54) is 54.9 Å². The predicted molar refractivity (Wildman–Crippen MR) is 195 cm³/mol. The fourth-order valence-corrected chi connectivity index (χ4v) is 5.85. The molecule has 237 valence electrons. The van der Waals surface area contributed by atoms with Crippen molar-refractivity contribution in [3.05, 3.63) is 156 Å². The largest absolute Gasteiger partial charge is 0.305 e. The Morgan fingerprint density at radius 3 is 2.09 bits per heavy atom. The molecular formula is C44H40IrN2-2. The van der Waals surface area contributed by atoms with Gasteiger partial charge in [-0.25, -0.2) is 0 Å². The van der Waals surface area contributed by atoms with Crippen molar-refractivity contribution >= 4 is 21.5 Å². The van der Waals surface area contributed by atoms with Crippen molar-refractivity contribution in [1.82, 2.24) is 9.97 Å². The van der Waals surface area contributed by atoms with Crippen molar-refractivity contribution in [2.75, 3.05) is 0 Å². The first kappa shape index (κ1) is 33.9. The van der Waals surface area contributed by atoms with Gasteiger partial charge in [0, 0.05) is 32.5 Å². The van der Waals surface area contributed by atoms with Gasteiger partial charge in [-0.3, -0.25) is 0 Å². The van der Waals surface area contributed by atoms with Gasteiger partial charge in [0.2, 0.25) is 0 Å². The Labute approximate surface area is 293 Å². The molecule has 0 bridgehead atoms. The molecule has 47 heavy (non-hydrogen) atoms. The van der Waals surface area contributed by atoms with Crippen LogP contribution >= 0.6 is 0 Å². The molecule has 5 aromatic carbocycles. The summed E-state index contributed by atoms with van der Waals surface area (Å²) < 4.78 is 0. The molecule has 7 rings (SSSR count). The number of pyridine rings is 2. The maximum absolute atomic E-state index is 4.66. The van der Waals surface area contributed by atoms with E-state index in [4.69, 9.17) is 0 Å². The van der Waals surface area contributed by atoms with Gasteiger partial charge in [0.25, 0.3) is 0 Å². The maximum Gasteiger partial charge on any atom is 0.0192 e. The van der Waals surface area contributed by atoms with Crippen molar-refractivity contribution in [2.24, 2.45) is 5.41 Å². The topological polar surface area (TPSA) is 25.8 Å². The molecule has 0 amide bonds. The summed E-state index contributed by atoms with van der Waals surface area (Å²) in [5.74, 6) is 0. The Kier molecular flexibility index (Phi) is 10.5. The average molecular weight is 789 g/mol. The summed E-state index contributed by atoms with van der Waals surface area (Å²) in [6, 6.07) is 45.2. The third-order valence-corrected chi connectivity index (χ3v) is 8.33. The van der Waals surface area contributed by atoms with Crippen LogP contribution in [0.4, 0.5) is 0 Å². The molecule has 2 aromatic heterocycles. The van der Waals surface area contributed by atoms with E-state index in [9.17, 15) is 0 Å². The van der Waals surface area contributed by atoms with Crippen LogP contribution in [-0.4, -0.2) is 9.97 Å². The number of fused-ring (bicyclic) bond motifs is 3. The van der Waals surface area contributed by atoms with E-state index in [0.717, 1.165) is 28.9 Å². The first-order chi connectivity index (χ1) is 22.1. The summed E-state index contributed by atoms with van der Waals surface area (Å²) in [6.45, 7) is 13.0. The SMILES string of the molecule is CC(C)(C)Cc1ccnc(-c2[c-]ccc(-c3cc4ccccc4c4ccccc34)c2)c1.Cc1c[c-]c(-c2cc(C)c(C)cn2)cc1.[Ir]. The molecule has 7 aromatic rings. The molecular weight excluding hydrogens is 749 g/mol. The fourth-order valence-electron chi connectivity index (χ4n) is 5.85. The Morgan fingerprint density at radius 1 is 0.638 bits per heavy atom. The van der Waals surface area contributed by atoms with Gasteiger partial charge < -0.3 is 9.97 Å². The van der Waals surface area contributed by atoms with E-state index >= 15 is 0 Å². The van der Waals surface area contributed by atoms with Crippen molar-refractivity contribution in [3.8, 4) is 33.6 Å². The number of hydrogen-bond donors (Lipinski definition) is 0. The molecule has 0 saturated heterocycles.